The summed E-state index contributed by atoms with van der Waals surface area (Å²) >= 11 is 0. The molecule has 1 saturated heterocycles. The highest BCUT2D eigenvalue weighted by molar-refractivity contribution is 5.78. The zero-order valence-corrected chi connectivity index (χ0v) is 18.1. The number of para-hydroxylation sites is 1. The van der Waals surface area contributed by atoms with Gasteiger partial charge in [0.2, 0.25) is 5.91 Å². The SMILES string of the molecule is COc1ccccc1Cc1nc2c(c(N3CCOCC3)n1)CN(C(=O)C(C)C)CC2. The summed E-state index contributed by atoms with van der Waals surface area (Å²) in [5.41, 5.74) is 3.21. The van der Waals surface area contributed by atoms with E-state index in [2.05, 4.69) is 11.0 Å². The lowest BCUT2D eigenvalue weighted by Crippen LogP contribution is -2.42. The van der Waals surface area contributed by atoms with E-state index in [-0.39, 0.29) is 11.8 Å². The van der Waals surface area contributed by atoms with Crippen molar-refractivity contribution in [3.05, 3.63) is 46.9 Å². The number of ether oxygens (including phenoxy) is 2. The van der Waals surface area contributed by atoms with Gasteiger partial charge >= 0.3 is 0 Å². The number of fused-ring (bicyclic) bond motifs is 1. The van der Waals surface area contributed by atoms with Crippen LogP contribution in [0.25, 0.3) is 0 Å². The van der Waals surface area contributed by atoms with Crippen molar-refractivity contribution in [1.29, 1.82) is 0 Å². The smallest absolute Gasteiger partial charge is 0.225 e. The quantitative estimate of drug-likeness (QED) is 0.754. The Kier molecular flexibility index (Phi) is 6.18. The van der Waals surface area contributed by atoms with Crippen molar-refractivity contribution < 1.29 is 14.3 Å². The van der Waals surface area contributed by atoms with Crippen LogP contribution in [0, 0.1) is 5.92 Å². The average molecular weight is 411 g/mol. The third kappa shape index (κ3) is 4.26. The van der Waals surface area contributed by atoms with Crippen molar-refractivity contribution in [2.75, 3.05) is 44.9 Å². The highest BCUT2D eigenvalue weighted by atomic mass is 16.5. The minimum atomic E-state index is -0.0101. The van der Waals surface area contributed by atoms with Gasteiger partial charge in [0.05, 0.1) is 32.6 Å². The lowest BCUT2D eigenvalue weighted by Gasteiger charge is -2.35. The van der Waals surface area contributed by atoms with Crippen LogP contribution in [-0.2, 0) is 28.9 Å². The second-order valence-electron chi connectivity index (χ2n) is 8.14. The van der Waals surface area contributed by atoms with Crippen molar-refractivity contribution in [2.24, 2.45) is 5.92 Å². The summed E-state index contributed by atoms with van der Waals surface area (Å²) in [4.78, 5) is 26.7. The van der Waals surface area contributed by atoms with Gasteiger partial charge < -0.3 is 19.3 Å². The maximum absolute atomic E-state index is 12.6. The molecular weight excluding hydrogens is 380 g/mol. The first-order valence-electron chi connectivity index (χ1n) is 10.7. The molecule has 0 spiro atoms. The molecule has 2 aliphatic heterocycles. The highest BCUT2D eigenvalue weighted by Gasteiger charge is 2.29. The normalized spacial score (nSPS) is 16.5. The molecule has 0 bridgehead atoms. The van der Waals surface area contributed by atoms with Crippen LogP contribution in [-0.4, -0.2) is 60.7 Å². The number of amides is 1. The molecule has 1 aromatic carbocycles. The molecule has 1 amide bonds. The van der Waals surface area contributed by atoms with Crippen molar-refractivity contribution >= 4 is 11.7 Å². The molecule has 0 unspecified atom stereocenters. The summed E-state index contributed by atoms with van der Waals surface area (Å²) in [6, 6.07) is 8.00. The van der Waals surface area contributed by atoms with Gasteiger partial charge in [0.25, 0.3) is 0 Å². The van der Waals surface area contributed by atoms with Crippen LogP contribution in [0.15, 0.2) is 24.3 Å². The predicted molar refractivity (Wildman–Crippen MR) is 115 cm³/mol. The van der Waals surface area contributed by atoms with E-state index in [1.54, 1.807) is 7.11 Å². The molecule has 160 valence electrons. The number of hydrogen-bond donors (Lipinski definition) is 0. The largest absolute Gasteiger partial charge is 0.496 e. The van der Waals surface area contributed by atoms with Crippen molar-refractivity contribution in [1.82, 2.24) is 14.9 Å². The van der Waals surface area contributed by atoms with Gasteiger partial charge in [-0.2, -0.15) is 0 Å². The number of morpholine rings is 1. The zero-order valence-electron chi connectivity index (χ0n) is 18.1. The summed E-state index contributed by atoms with van der Waals surface area (Å²) in [5, 5.41) is 0. The lowest BCUT2D eigenvalue weighted by molar-refractivity contribution is -0.135. The Bertz CT molecular complexity index is 909. The number of hydrogen-bond acceptors (Lipinski definition) is 6. The average Bonchev–Trinajstić information content (AvgIpc) is 2.78. The van der Waals surface area contributed by atoms with Gasteiger partial charge in [0.15, 0.2) is 0 Å². The Morgan fingerprint density at radius 2 is 1.93 bits per heavy atom. The number of aromatic nitrogens is 2. The van der Waals surface area contributed by atoms with E-state index in [1.807, 2.05) is 36.9 Å². The van der Waals surface area contributed by atoms with E-state index < -0.39 is 0 Å². The van der Waals surface area contributed by atoms with E-state index in [1.165, 1.54) is 0 Å². The number of carbonyl (C=O) groups excluding carboxylic acids is 1. The Morgan fingerprint density at radius 1 is 1.17 bits per heavy atom. The molecular formula is C23H30N4O3. The van der Waals surface area contributed by atoms with Crippen LogP contribution >= 0.6 is 0 Å². The first-order valence-corrected chi connectivity index (χ1v) is 10.7. The number of anilines is 1. The molecule has 0 aliphatic carbocycles. The van der Waals surface area contributed by atoms with E-state index in [0.29, 0.717) is 32.7 Å². The van der Waals surface area contributed by atoms with Crippen molar-refractivity contribution in [2.45, 2.75) is 33.2 Å². The van der Waals surface area contributed by atoms with Crippen LogP contribution in [0.2, 0.25) is 0 Å². The Hall–Kier alpha value is -2.67. The molecule has 4 rings (SSSR count). The van der Waals surface area contributed by atoms with Crippen LogP contribution < -0.4 is 9.64 Å². The molecule has 2 aliphatic rings. The Labute approximate surface area is 178 Å². The van der Waals surface area contributed by atoms with Crippen molar-refractivity contribution in [3.63, 3.8) is 0 Å². The molecule has 7 heteroatoms. The van der Waals surface area contributed by atoms with Gasteiger partial charge in [-0.25, -0.2) is 9.97 Å². The van der Waals surface area contributed by atoms with E-state index in [0.717, 1.165) is 53.7 Å². The third-order valence-electron chi connectivity index (χ3n) is 5.74. The molecule has 0 saturated carbocycles. The Balaban J connectivity index is 1.70. The molecule has 0 atom stereocenters. The molecule has 7 nitrogen and oxygen atoms in total. The van der Waals surface area contributed by atoms with Crippen LogP contribution in [0.4, 0.5) is 5.82 Å². The van der Waals surface area contributed by atoms with Gasteiger partial charge in [-0.05, 0) is 6.07 Å². The highest BCUT2D eigenvalue weighted by Crippen LogP contribution is 2.29. The molecule has 1 aromatic heterocycles. The van der Waals surface area contributed by atoms with Crippen LogP contribution in [0.5, 0.6) is 5.75 Å². The number of carbonyl (C=O) groups is 1. The first-order chi connectivity index (χ1) is 14.6. The summed E-state index contributed by atoms with van der Waals surface area (Å²) in [6.45, 7) is 8.17. The van der Waals surface area contributed by atoms with E-state index in [9.17, 15) is 4.79 Å². The number of nitrogens with zero attached hydrogens (tertiary/aromatic N) is 4. The molecule has 0 radical (unpaired) electrons. The zero-order chi connectivity index (χ0) is 21.1. The fourth-order valence-electron chi connectivity index (χ4n) is 4.13. The summed E-state index contributed by atoms with van der Waals surface area (Å²) < 4.78 is 11.1. The molecule has 1 fully saturated rings. The van der Waals surface area contributed by atoms with Gasteiger partial charge in [0, 0.05) is 49.5 Å². The fraction of sp³-hybridized carbons (Fsp3) is 0.522. The minimum absolute atomic E-state index is 0.0101. The van der Waals surface area contributed by atoms with Gasteiger partial charge in [-0.1, -0.05) is 32.0 Å². The standard InChI is InChI=1S/C23H30N4O3/c1-16(2)23(28)27-9-8-19-18(15-27)22(26-10-12-30-13-11-26)25-21(24-19)14-17-6-4-5-7-20(17)29-3/h4-7,16H,8-15H2,1-3H3. The van der Waals surface area contributed by atoms with Crippen LogP contribution in [0.3, 0.4) is 0 Å². The summed E-state index contributed by atoms with van der Waals surface area (Å²) in [7, 11) is 1.69. The molecule has 30 heavy (non-hydrogen) atoms. The second kappa shape index (κ2) is 9.00. The molecule has 3 heterocycles. The van der Waals surface area contributed by atoms with E-state index in [4.69, 9.17) is 19.4 Å². The maximum atomic E-state index is 12.6. The maximum Gasteiger partial charge on any atom is 0.225 e. The topological polar surface area (TPSA) is 67.8 Å². The van der Waals surface area contributed by atoms with Crippen LogP contribution in [0.1, 0.15) is 36.5 Å². The fourth-order valence-corrected chi connectivity index (χ4v) is 4.13. The number of benzene rings is 1. The van der Waals surface area contributed by atoms with Gasteiger partial charge in [0.1, 0.15) is 17.4 Å². The number of rotatable bonds is 5. The second-order valence-corrected chi connectivity index (χ2v) is 8.14. The summed E-state index contributed by atoms with van der Waals surface area (Å²) in [6.07, 6.45) is 1.37. The number of methoxy groups -OCH3 is 1. The van der Waals surface area contributed by atoms with Gasteiger partial charge in [-0.15, -0.1) is 0 Å². The lowest BCUT2D eigenvalue weighted by atomic mass is 10.0. The molecule has 0 N–H and O–H groups in total. The first kappa shape index (κ1) is 20.6. The van der Waals surface area contributed by atoms with Gasteiger partial charge in [-0.3, -0.25) is 4.79 Å². The molecule has 2 aromatic rings. The van der Waals surface area contributed by atoms with Crippen molar-refractivity contribution in [3.8, 4) is 5.75 Å². The third-order valence-corrected chi connectivity index (χ3v) is 5.74. The monoisotopic (exact) mass is 410 g/mol. The Morgan fingerprint density at radius 3 is 2.67 bits per heavy atom. The van der Waals surface area contributed by atoms with E-state index >= 15 is 0 Å². The summed E-state index contributed by atoms with van der Waals surface area (Å²) in [5.74, 6) is 2.77. The predicted octanol–water partition coefficient (Wildman–Crippen LogP) is 2.45. The minimum Gasteiger partial charge on any atom is -0.496 e.